The van der Waals surface area contributed by atoms with E-state index in [1.807, 2.05) is 19.9 Å². The SMILES string of the molecule is Cc1nsc(NC(C)c2cccc(S(N)(=O)=O)c2)n1. The number of benzene rings is 1. The third-order valence-corrected chi connectivity index (χ3v) is 4.20. The molecule has 0 aliphatic rings. The Morgan fingerprint density at radius 1 is 1.42 bits per heavy atom. The van der Waals surface area contributed by atoms with Gasteiger partial charge in [0.05, 0.1) is 10.9 Å². The van der Waals surface area contributed by atoms with Gasteiger partial charge in [-0.1, -0.05) is 12.1 Å². The van der Waals surface area contributed by atoms with E-state index in [0.29, 0.717) is 11.0 Å². The van der Waals surface area contributed by atoms with Gasteiger partial charge >= 0.3 is 0 Å². The van der Waals surface area contributed by atoms with E-state index in [1.165, 1.54) is 17.6 Å². The number of nitrogens with zero attached hydrogens (tertiary/aromatic N) is 2. The molecule has 1 heterocycles. The zero-order chi connectivity index (χ0) is 14.0. The highest BCUT2D eigenvalue weighted by atomic mass is 32.2. The van der Waals surface area contributed by atoms with Gasteiger partial charge in [0.2, 0.25) is 15.2 Å². The quantitative estimate of drug-likeness (QED) is 0.894. The maximum absolute atomic E-state index is 11.3. The number of hydrogen-bond donors (Lipinski definition) is 2. The lowest BCUT2D eigenvalue weighted by molar-refractivity contribution is 0.597. The van der Waals surface area contributed by atoms with Crippen molar-refractivity contribution < 1.29 is 8.42 Å². The normalized spacial score (nSPS) is 13.2. The van der Waals surface area contributed by atoms with Gasteiger partial charge in [-0.15, -0.1) is 0 Å². The van der Waals surface area contributed by atoms with Crippen LogP contribution in [0.25, 0.3) is 0 Å². The van der Waals surface area contributed by atoms with Gasteiger partial charge in [0.1, 0.15) is 5.82 Å². The number of aromatic nitrogens is 2. The van der Waals surface area contributed by atoms with Crippen LogP contribution < -0.4 is 10.5 Å². The average molecular weight is 298 g/mol. The van der Waals surface area contributed by atoms with Crippen molar-refractivity contribution in [1.82, 2.24) is 9.36 Å². The van der Waals surface area contributed by atoms with Crippen LogP contribution in [0.4, 0.5) is 5.13 Å². The van der Waals surface area contributed by atoms with Crippen molar-refractivity contribution in [3.8, 4) is 0 Å². The second-order valence-electron chi connectivity index (χ2n) is 4.13. The molecule has 0 fully saturated rings. The fourth-order valence-corrected chi connectivity index (χ4v) is 2.82. The number of anilines is 1. The molecule has 0 radical (unpaired) electrons. The minimum absolute atomic E-state index is 0.0888. The van der Waals surface area contributed by atoms with Gasteiger partial charge in [0, 0.05) is 11.5 Å². The standard InChI is InChI=1S/C11H14N4O2S2/c1-7(13-11-14-8(2)15-18-11)9-4-3-5-10(6-9)19(12,16)17/h3-7H,1-2H3,(H2,12,16,17)(H,13,14,15). The van der Waals surface area contributed by atoms with E-state index in [9.17, 15) is 8.42 Å². The van der Waals surface area contributed by atoms with Crippen LogP contribution in [0.3, 0.4) is 0 Å². The summed E-state index contributed by atoms with van der Waals surface area (Å²) in [6.07, 6.45) is 0. The van der Waals surface area contributed by atoms with E-state index >= 15 is 0 Å². The lowest BCUT2D eigenvalue weighted by Gasteiger charge is -2.13. The van der Waals surface area contributed by atoms with Crippen LogP contribution in [0.2, 0.25) is 0 Å². The van der Waals surface area contributed by atoms with Crippen LogP contribution in [-0.2, 0) is 10.0 Å². The summed E-state index contributed by atoms with van der Waals surface area (Å²) < 4.78 is 26.7. The van der Waals surface area contributed by atoms with Crippen molar-refractivity contribution in [2.75, 3.05) is 5.32 Å². The van der Waals surface area contributed by atoms with Crippen LogP contribution in [0.15, 0.2) is 29.2 Å². The van der Waals surface area contributed by atoms with Gasteiger partial charge in [0.25, 0.3) is 0 Å². The maximum Gasteiger partial charge on any atom is 0.238 e. The number of nitrogens with one attached hydrogen (secondary N) is 1. The summed E-state index contributed by atoms with van der Waals surface area (Å²) in [7, 11) is -3.68. The molecular weight excluding hydrogens is 284 g/mol. The van der Waals surface area contributed by atoms with Gasteiger partial charge in [-0.05, 0) is 31.5 Å². The Morgan fingerprint density at radius 2 is 2.16 bits per heavy atom. The second kappa shape index (κ2) is 5.24. The molecular formula is C11H14N4O2S2. The molecule has 1 aromatic heterocycles. The smallest absolute Gasteiger partial charge is 0.238 e. The first-order valence-electron chi connectivity index (χ1n) is 5.56. The highest BCUT2D eigenvalue weighted by molar-refractivity contribution is 7.89. The zero-order valence-electron chi connectivity index (χ0n) is 10.5. The number of primary sulfonamides is 1. The number of rotatable bonds is 4. The molecule has 3 N–H and O–H groups in total. The molecule has 0 saturated carbocycles. The van der Waals surface area contributed by atoms with Crippen molar-refractivity contribution in [3.63, 3.8) is 0 Å². The van der Waals surface area contributed by atoms with Gasteiger partial charge in [-0.3, -0.25) is 0 Å². The lowest BCUT2D eigenvalue weighted by atomic mass is 10.1. The minimum Gasteiger partial charge on any atom is -0.354 e. The summed E-state index contributed by atoms with van der Waals surface area (Å²) in [5.41, 5.74) is 0.819. The third kappa shape index (κ3) is 3.49. The van der Waals surface area contributed by atoms with Crippen molar-refractivity contribution >= 4 is 26.7 Å². The van der Waals surface area contributed by atoms with Crippen LogP contribution in [-0.4, -0.2) is 17.8 Å². The summed E-state index contributed by atoms with van der Waals surface area (Å²) in [5, 5.41) is 8.98. The van der Waals surface area contributed by atoms with E-state index in [-0.39, 0.29) is 10.9 Å². The van der Waals surface area contributed by atoms with E-state index in [0.717, 1.165) is 5.56 Å². The number of aryl methyl sites for hydroxylation is 1. The molecule has 0 aliphatic carbocycles. The number of hydrogen-bond acceptors (Lipinski definition) is 6. The molecule has 0 saturated heterocycles. The summed E-state index contributed by atoms with van der Waals surface area (Å²) in [6.45, 7) is 3.73. The largest absolute Gasteiger partial charge is 0.354 e. The van der Waals surface area contributed by atoms with E-state index < -0.39 is 10.0 Å². The molecule has 19 heavy (non-hydrogen) atoms. The number of sulfonamides is 1. The first kappa shape index (κ1) is 13.9. The molecule has 8 heteroatoms. The monoisotopic (exact) mass is 298 g/mol. The summed E-state index contributed by atoms with van der Waals surface area (Å²) in [5.74, 6) is 0.706. The molecule has 0 amide bonds. The first-order valence-corrected chi connectivity index (χ1v) is 7.88. The first-order chi connectivity index (χ1) is 8.86. The Hall–Kier alpha value is -1.51. The summed E-state index contributed by atoms with van der Waals surface area (Å²) in [6, 6.07) is 6.44. The molecule has 6 nitrogen and oxygen atoms in total. The molecule has 2 aromatic rings. The lowest BCUT2D eigenvalue weighted by Crippen LogP contribution is -2.13. The zero-order valence-corrected chi connectivity index (χ0v) is 12.1. The average Bonchev–Trinajstić information content (AvgIpc) is 2.74. The van der Waals surface area contributed by atoms with Gasteiger partial charge < -0.3 is 5.32 Å². The van der Waals surface area contributed by atoms with Crippen molar-refractivity contribution in [3.05, 3.63) is 35.7 Å². The highest BCUT2D eigenvalue weighted by Gasteiger charge is 2.12. The van der Waals surface area contributed by atoms with Crippen molar-refractivity contribution in [2.24, 2.45) is 5.14 Å². The van der Waals surface area contributed by atoms with Gasteiger partial charge in [-0.25, -0.2) is 18.5 Å². The van der Waals surface area contributed by atoms with Crippen LogP contribution in [0.1, 0.15) is 24.4 Å². The highest BCUT2D eigenvalue weighted by Crippen LogP contribution is 2.22. The summed E-state index contributed by atoms with van der Waals surface area (Å²) >= 11 is 1.27. The van der Waals surface area contributed by atoms with Gasteiger partial charge in [-0.2, -0.15) is 4.37 Å². The molecule has 0 aliphatic heterocycles. The Bertz CT molecular complexity index is 682. The molecule has 102 valence electrons. The Labute approximate surface area is 115 Å². The molecule has 0 spiro atoms. The predicted molar refractivity (Wildman–Crippen MR) is 74.5 cm³/mol. The molecule has 0 bridgehead atoms. The third-order valence-electron chi connectivity index (χ3n) is 2.55. The van der Waals surface area contributed by atoms with Crippen LogP contribution in [0.5, 0.6) is 0 Å². The van der Waals surface area contributed by atoms with Crippen molar-refractivity contribution in [2.45, 2.75) is 24.8 Å². The maximum atomic E-state index is 11.3. The van der Waals surface area contributed by atoms with Crippen LogP contribution >= 0.6 is 11.5 Å². The Balaban J connectivity index is 2.22. The predicted octanol–water partition coefficient (Wildman–Crippen LogP) is 1.67. The van der Waals surface area contributed by atoms with E-state index in [4.69, 9.17) is 5.14 Å². The molecule has 2 rings (SSSR count). The fourth-order valence-electron chi connectivity index (χ4n) is 1.59. The second-order valence-corrected chi connectivity index (χ2v) is 6.44. The summed E-state index contributed by atoms with van der Waals surface area (Å²) in [4.78, 5) is 4.30. The molecule has 1 aromatic carbocycles. The van der Waals surface area contributed by atoms with E-state index in [2.05, 4.69) is 14.7 Å². The minimum atomic E-state index is -3.68. The van der Waals surface area contributed by atoms with Crippen molar-refractivity contribution in [1.29, 1.82) is 0 Å². The Kier molecular flexibility index (Phi) is 3.83. The topological polar surface area (TPSA) is 98.0 Å². The van der Waals surface area contributed by atoms with E-state index in [1.54, 1.807) is 12.1 Å². The van der Waals surface area contributed by atoms with Crippen LogP contribution in [0, 0.1) is 6.92 Å². The molecule has 1 unspecified atom stereocenters. The van der Waals surface area contributed by atoms with Gasteiger partial charge in [0.15, 0.2) is 0 Å². The molecule has 1 atom stereocenters. The fraction of sp³-hybridized carbons (Fsp3) is 0.273. The number of nitrogens with two attached hydrogens (primary N) is 1. The Morgan fingerprint density at radius 3 is 2.74 bits per heavy atom.